The number of rotatable bonds is 9. The predicted octanol–water partition coefficient (Wildman–Crippen LogP) is 0.421. The summed E-state index contributed by atoms with van der Waals surface area (Å²) >= 11 is 0. The molecule has 1 saturated heterocycles. The molecule has 1 aromatic carbocycles. The van der Waals surface area contributed by atoms with E-state index in [1.807, 2.05) is 6.07 Å². The summed E-state index contributed by atoms with van der Waals surface area (Å²) in [5, 5.41) is 25.8. The van der Waals surface area contributed by atoms with Crippen LogP contribution in [0.2, 0.25) is 0 Å². The number of esters is 1. The molecule has 3 aromatic rings. The highest BCUT2D eigenvalue weighted by Gasteiger charge is 2.19. The molecule has 0 amide bonds. The van der Waals surface area contributed by atoms with E-state index in [0.29, 0.717) is 18.1 Å². The number of benzene rings is 1. The number of aromatic nitrogens is 3. The number of aliphatic hydroxyl groups is 1. The molecule has 0 bridgehead atoms. The second-order valence-electron chi connectivity index (χ2n) is 7.58. The van der Waals surface area contributed by atoms with E-state index in [1.165, 1.54) is 0 Å². The van der Waals surface area contributed by atoms with Gasteiger partial charge in [-0.15, -0.1) is 5.10 Å². The summed E-state index contributed by atoms with van der Waals surface area (Å²) in [4.78, 5) is 29.1. The number of hydrogen-bond acceptors (Lipinski definition) is 9. The number of nitrogens with zero attached hydrogens (tertiary/aromatic N) is 4. The number of aliphatic hydroxyl groups excluding tert-OH is 1. The van der Waals surface area contributed by atoms with E-state index >= 15 is 0 Å². The Morgan fingerprint density at radius 3 is 2.61 bits per heavy atom. The molecule has 1 atom stereocenters. The first kappa shape index (κ1) is 22.6. The van der Waals surface area contributed by atoms with E-state index in [9.17, 15) is 14.7 Å². The molecular formula is C22H25N5O6. The summed E-state index contributed by atoms with van der Waals surface area (Å²) in [6.45, 7) is 5.37. The number of imidazole rings is 1. The van der Waals surface area contributed by atoms with Gasteiger partial charge in [0.15, 0.2) is 11.8 Å². The lowest BCUT2D eigenvalue weighted by molar-refractivity contribution is -0.152. The van der Waals surface area contributed by atoms with Crippen molar-refractivity contribution in [1.29, 1.82) is 0 Å². The van der Waals surface area contributed by atoms with Crippen molar-refractivity contribution >= 4 is 17.6 Å². The Kier molecular flexibility index (Phi) is 7.13. The van der Waals surface area contributed by atoms with Crippen LogP contribution in [-0.4, -0.2) is 87.1 Å². The maximum Gasteiger partial charge on any atom is 0.333 e. The fourth-order valence-electron chi connectivity index (χ4n) is 3.46. The minimum atomic E-state index is -1.80. The monoisotopic (exact) mass is 455 g/mol. The first-order valence-electron chi connectivity index (χ1n) is 10.6. The van der Waals surface area contributed by atoms with Gasteiger partial charge in [-0.05, 0) is 30.3 Å². The van der Waals surface area contributed by atoms with Gasteiger partial charge < -0.3 is 25.0 Å². The number of ether oxygens (including phenoxy) is 2. The van der Waals surface area contributed by atoms with Crippen LogP contribution in [0.1, 0.15) is 6.42 Å². The Hall–Kier alpha value is -3.54. The lowest BCUT2D eigenvalue weighted by Gasteiger charge is -2.26. The zero-order chi connectivity index (χ0) is 23.2. The molecule has 4 rings (SSSR count). The first-order chi connectivity index (χ1) is 16.0. The number of carbonyl (C=O) groups excluding carboxylic acids is 1. The summed E-state index contributed by atoms with van der Waals surface area (Å²) in [6.07, 6.45) is -0.739. The first-order valence-corrected chi connectivity index (χ1v) is 10.6. The third-order valence-electron chi connectivity index (χ3n) is 5.23. The topological polar surface area (TPSA) is 139 Å². The molecule has 3 N–H and O–H groups in total. The highest BCUT2D eigenvalue weighted by Crippen LogP contribution is 2.24. The van der Waals surface area contributed by atoms with E-state index < -0.39 is 24.5 Å². The van der Waals surface area contributed by atoms with E-state index in [-0.39, 0.29) is 5.75 Å². The van der Waals surface area contributed by atoms with E-state index in [4.69, 9.17) is 14.6 Å². The van der Waals surface area contributed by atoms with Crippen LogP contribution in [0, 0.1) is 0 Å². The number of aliphatic carboxylic acids is 1. The molecule has 0 saturated carbocycles. The van der Waals surface area contributed by atoms with Crippen molar-refractivity contribution in [3.63, 3.8) is 0 Å². The van der Waals surface area contributed by atoms with Crippen LogP contribution in [0.3, 0.4) is 0 Å². The van der Waals surface area contributed by atoms with Crippen LogP contribution in [0.25, 0.3) is 16.9 Å². The van der Waals surface area contributed by atoms with E-state index in [0.717, 1.165) is 44.0 Å². The largest absolute Gasteiger partial charge is 0.479 e. The predicted molar refractivity (Wildman–Crippen MR) is 117 cm³/mol. The molecule has 1 aliphatic rings. The summed E-state index contributed by atoms with van der Waals surface area (Å²) in [6, 6.07) is 10.2. The number of carboxylic acids is 1. The van der Waals surface area contributed by atoms with Gasteiger partial charge in [-0.1, -0.05) is 0 Å². The molecule has 3 heterocycles. The highest BCUT2D eigenvalue weighted by molar-refractivity contribution is 5.81. The summed E-state index contributed by atoms with van der Waals surface area (Å²) < 4.78 is 12.6. The Bertz CT molecular complexity index is 1110. The molecule has 2 aromatic heterocycles. The Balaban J connectivity index is 1.40. The summed E-state index contributed by atoms with van der Waals surface area (Å²) in [5.41, 5.74) is 2.19. The Labute approximate surface area is 189 Å². The second-order valence-corrected chi connectivity index (χ2v) is 7.58. The maximum absolute atomic E-state index is 11.8. The van der Waals surface area contributed by atoms with E-state index in [2.05, 4.69) is 20.3 Å². The third kappa shape index (κ3) is 5.83. The zero-order valence-corrected chi connectivity index (χ0v) is 17.9. The van der Waals surface area contributed by atoms with Crippen LogP contribution in [-0.2, 0) is 9.59 Å². The SMILES string of the molecule is O=C(CC(O)C(=O)O)Oc1ccc(-c2cnc3ccc(OCCN4CCNCC4)nn23)cc1. The number of carbonyl (C=O) groups is 2. The van der Waals surface area contributed by atoms with Crippen molar-refractivity contribution in [2.45, 2.75) is 12.5 Å². The average Bonchev–Trinajstić information content (AvgIpc) is 3.23. The Morgan fingerprint density at radius 1 is 1.12 bits per heavy atom. The minimum Gasteiger partial charge on any atom is -0.479 e. The van der Waals surface area contributed by atoms with Gasteiger partial charge in [0.2, 0.25) is 5.88 Å². The molecule has 11 heteroatoms. The average molecular weight is 455 g/mol. The third-order valence-corrected chi connectivity index (χ3v) is 5.23. The lowest BCUT2D eigenvalue weighted by atomic mass is 10.1. The molecule has 11 nitrogen and oxygen atoms in total. The van der Waals surface area contributed by atoms with Gasteiger partial charge in [0, 0.05) is 44.4 Å². The molecule has 1 fully saturated rings. The van der Waals surface area contributed by atoms with Gasteiger partial charge in [0.05, 0.1) is 18.3 Å². The number of fused-ring (bicyclic) bond motifs is 1. The van der Waals surface area contributed by atoms with Crippen LogP contribution in [0.5, 0.6) is 11.6 Å². The minimum absolute atomic E-state index is 0.236. The summed E-state index contributed by atoms with van der Waals surface area (Å²) in [5.74, 6) is -1.58. The fraction of sp³-hybridized carbons (Fsp3) is 0.364. The standard InChI is InChI=1S/C22H25N5O6/c28-18(22(30)31)13-21(29)33-16-3-1-15(2-4-16)17-14-24-19-5-6-20(25-27(17)19)32-12-11-26-9-7-23-8-10-26/h1-6,14,18,23,28H,7-13H2,(H,30,31). The van der Waals surface area contributed by atoms with Crippen molar-refractivity contribution < 1.29 is 29.3 Å². The van der Waals surface area contributed by atoms with Gasteiger partial charge in [0.25, 0.3) is 0 Å². The molecule has 1 unspecified atom stereocenters. The number of hydrogen-bond donors (Lipinski definition) is 3. The van der Waals surface area contributed by atoms with Crippen LogP contribution in [0.4, 0.5) is 0 Å². The van der Waals surface area contributed by atoms with Gasteiger partial charge in [-0.2, -0.15) is 0 Å². The van der Waals surface area contributed by atoms with Crippen molar-refractivity contribution in [1.82, 2.24) is 24.8 Å². The van der Waals surface area contributed by atoms with Gasteiger partial charge >= 0.3 is 11.9 Å². The van der Waals surface area contributed by atoms with Crippen LogP contribution >= 0.6 is 0 Å². The molecule has 174 valence electrons. The number of carboxylic acid groups (broad SMARTS) is 1. The van der Waals surface area contributed by atoms with Crippen molar-refractivity contribution in [2.24, 2.45) is 0 Å². The highest BCUT2D eigenvalue weighted by atomic mass is 16.5. The maximum atomic E-state index is 11.8. The molecular weight excluding hydrogens is 430 g/mol. The van der Waals surface area contributed by atoms with Gasteiger partial charge in [0.1, 0.15) is 12.4 Å². The molecule has 0 radical (unpaired) electrons. The molecule has 1 aliphatic heterocycles. The van der Waals surface area contributed by atoms with Crippen molar-refractivity contribution in [3.05, 3.63) is 42.6 Å². The normalized spacial score (nSPS) is 15.3. The molecule has 0 aliphatic carbocycles. The quantitative estimate of drug-likeness (QED) is 0.307. The Morgan fingerprint density at radius 2 is 1.88 bits per heavy atom. The fourth-order valence-corrected chi connectivity index (χ4v) is 3.46. The number of piperazine rings is 1. The summed E-state index contributed by atoms with van der Waals surface area (Å²) in [7, 11) is 0. The van der Waals surface area contributed by atoms with Gasteiger partial charge in [-0.25, -0.2) is 14.3 Å². The van der Waals surface area contributed by atoms with E-state index in [1.54, 1.807) is 41.0 Å². The van der Waals surface area contributed by atoms with Crippen molar-refractivity contribution in [2.75, 3.05) is 39.3 Å². The zero-order valence-electron chi connectivity index (χ0n) is 17.9. The van der Waals surface area contributed by atoms with Crippen LogP contribution in [0.15, 0.2) is 42.6 Å². The lowest BCUT2D eigenvalue weighted by Crippen LogP contribution is -2.44. The number of nitrogens with one attached hydrogen (secondary N) is 1. The smallest absolute Gasteiger partial charge is 0.333 e. The molecule has 33 heavy (non-hydrogen) atoms. The second kappa shape index (κ2) is 10.4. The van der Waals surface area contributed by atoms with Crippen molar-refractivity contribution in [3.8, 4) is 22.9 Å². The van der Waals surface area contributed by atoms with Gasteiger partial charge in [-0.3, -0.25) is 9.69 Å². The van der Waals surface area contributed by atoms with Crippen LogP contribution < -0.4 is 14.8 Å². The molecule has 0 spiro atoms.